The predicted octanol–water partition coefficient (Wildman–Crippen LogP) is 2.62. The normalized spacial score (nSPS) is 13.6. The van der Waals surface area contributed by atoms with Crippen LogP contribution in [0.3, 0.4) is 0 Å². The molecule has 0 atom stereocenters. The van der Waals surface area contributed by atoms with Crippen LogP contribution < -0.4 is 5.32 Å². The van der Waals surface area contributed by atoms with Crippen LogP contribution in [0, 0.1) is 0 Å². The summed E-state index contributed by atoms with van der Waals surface area (Å²) in [5.74, 6) is -0.152. The number of para-hydroxylation sites is 1. The van der Waals surface area contributed by atoms with Gasteiger partial charge in [0, 0.05) is 30.8 Å². The van der Waals surface area contributed by atoms with Crippen LogP contribution in [0.1, 0.15) is 28.0 Å². The molecule has 1 amide bonds. The highest BCUT2D eigenvalue weighted by Gasteiger charge is 2.29. The number of hydrogen-bond donors (Lipinski definition) is 1. The molecule has 0 saturated heterocycles. The summed E-state index contributed by atoms with van der Waals surface area (Å²) in [5.41, 5.74) is 5.73. The highest BCUT2D eigenvalue weighted by Crippen LogP contribution is 2.36. The molecule has 3 aromatic rings. The molecular weight excluding hydrogens is 416 g/mol. The van der Waals surface area contributed by atoms with Crippen molar-refractivity contribution in [1.29, 1.82) is 0 Å². The van der Waals surface area contributed by atoms with Crippen molar-refractivity contribution in [2.24, 2.45) is 5.16 Å². The zero-order chi connectivity index (χ0) is 23.4. The van der Waals surface area contributed by atoms with Gasteiger partial charge in [0.15, 0.2) is 0 Å². The van der Waals surface area contributed by atoms with Gasteiger partial charge in [-0.1, -0.05) is 35.5 Å². The van der Waals surface area contributed by atoms with Gasteiger partial charge >= 0.3 is 0 Å². The lowest BCUT2D eigenvalue weighted by Crippen LogP contribution is -2.31. The number of oxime groups is 1. The summed E-state index contributed by atoms with van der Waals surface area (Å²) in [6, 6.07) is 13.4. The van der Waals surface area contributed by atoms with Gasteiger partial charge in [-0.05, 0) is 46.7 Å². The number of fused-ring (bicyclic) bond motifs is 4. The fourth-order valence-corrected chi connectivity index (χ4v) is 3.77. The molecule has 0 aliphatic heterocycles. The number of carbonyl (C=O) groups excluding carboxylic acids is 1. The fourth-order valence-electron chi connectivity index (χ4n) is 3.77. The third-order valence-electron chi connectivity index (χ3n) is 5.44. The average Bonchev–Trinajstić information content (AvgIpc) is 3.09. The first-order valence-electron chi connectivity index (χ1n) is 11.1. The lowest BCUT2D eigenvalue weighted by atomic mass is 10.1. The molecule has 1 aliphatic rings. The molecular formula is C25H30N6O2. The van der Waals surface area contributed by atoms with Crippen molar-refractivity contribution in [1.82, 2.24) is 25.1 Å². The SMILES string of the molecule is CN(C)CCCO/N=C1\c2ccccc2-c2nc3c(C(=O)NCCN(C)C)cccc3nc21. The van der Waals surface area contributed by atoms with Gasteiger partial charge in [-0.2, -0.15) is 0 Å². The van der Waals surface area contributed by atoms with Gasteiger partial charge in [-0.25, -0.2) is 9.97 Å². The van der Waals surface area contributed by atoms with Crippen molar-refractivity contribution in [2.75, 3.05) is 54.4 Å². The molecule has 33 heavy (non-hydrogen) atoms. The summed E-state index contributed by atoms with van der Waals surface area (Å²) in [5, 5.41) is 7.41. The van der Waals surface area contributed by atoms with E-state index in [1.54, 1.807) is 6.07 Å². The van der Waals surface area contributed by atoms with Gasteiger partial charge in [-0.3, -0.25) is 4.79 Å². The van der Waals surface area contributed by atoms with Crippen LogP contribution in [0.5, 0.6) is 0 Å². The van der Waals surface area contributed by atoms with Crippen molar-refractivity contribution in [3.8, 4) is 11.3 Å². The van der Waals surface area contributed by atoms with Crippen LogP contribution >= 0.6 is 0 Å². The molecule has 0 unspecified atom stereocenters. The maximum atomic E-state index is 12.9. The van der Waals surface area contributed by atoms with Crippen LogP contribution in [0.15, 0.2) is 47.6 Å². The minimum absolute atomic E-state index is 0.152. The van der Waals surface area contributed by atoms with Crippen molar-refractivity contribution < 1.29 is 9.63 Å². The van der Waals surface area contributed by atoms with Gasteiger partial charge in [-0.15, -0.1) is 0 Å². The van der Waals surface area contributed by atoms with Gasteiger partial charge in [0.05, 0.1) is 16.8 Å². The Bertz CT molecular complexity index is 1190. The molecule has 2 aromatic carbocycles. The molecule has 0 spiro atoms. The van der Waals surface area contributed by atoms with Crippen LogP contribution in [-0.2, 0) is 4.84 Å². The number of likely N-dealkylation sites (N-methyl/N-ethyl adjacent to an activating group) is 1. The second-order valence-electron chi connectivity index (χ2n) is 8.63. The largest absolute Gasteiger partial charge is 0.395 e. The minimum Gasteiger partial charge on any atom is -0.395 e. The Kier molecular flexibility index (Phi) is 6.96. The molecule has 0 radical (unpaired) electrons. The van der Waals surface area contributed by atoms with Crippen LogP contribution in [-0.4, -0.2) is 85.8 Å². The number of carbonyl (C=O) groups is 1. The number of hydrogen-bond acceptors (Lipinski definition) is 7. The molecule has 8 heteroatoms. The van der Waals surface area contributed by atoms with Crippen LogP contribution in [0.4, 0.5) is 0 Å². The smallest absolute Gasteiger partial charge is 0.253 e. The van der Waals surface area contributed by atoms with Gasteiger partial charge in [0.1, 0.15) is 23.5 Å². The molecule has 8 nitrogen and oxygen atoms in total. The van der Waals surface area contributed by atoms with Crippen molar-refractivity contribution >= 4 is 22.7 Å². The molecule has 1 aromatic heterocycles. The Labute approximate surface area is 194 Å². The van der Waals surface area contributed by atoms with Gasteiger partial charge in [0.25, 0.3) is 5.91 Å². The van der Waals surface area contributed by atoms with E-state index in [-0.39, 0.29) is 5.91 Å². The topological polar surface area (TPSA) is 82.9 Å². The lowest BCUT2D eigenvalue weighted by molar-refractivity contribution is 0.0952. The highest BCUT2D eigenvalue weighted by atomic mass is 16.6. The van der Waals surface area contributed by atoms with E-state index in [9.17, 15) is 4.79 Å². The number of nitrogens with one attached hydrogen (secondary N) is 1. The molecule has 4 rings (SSSR count). The third kappa shape index (κ3) is 5.02. The lowest BCUT2D eigenvalue weighted by Gasteiger charge is -2.11. The van der Waals surface area contributed by atoms with E-state index in [4.69, 9.17) is 14.8 Å². The van der Waals surface area contributed by atoms with Crippen molar-refractivity contribution in [3.05, 3.63) is 59.3 Å². The van der Waals surface area contributed by atoms with E-state index >= 15 is 0 Å². The summed E-state index contributed by atoms with van der Waals surface area (Å²) in [6.45, 7) is 2.78. The van der Waals surface area contributed by atoms with E-state index in [1.807, 2.05) is 69.5 Å². The molecule has 1 N–H and O–H groups in total. The maximum Gasteiger partial charge on any atom is 0.253 e. The third-order valence-corrected chi connectivity index (χ3v) is 5.44. The number of rotatable bonds is 9. The summed E-state index contributed by atoms with van der Waals surface area (Å²) in [7, 11) is 8.02. The van der Waals surface area contributed by atoms with E-state index < -0.39 is 0 Å². The maximum absolute atomic E-state index is 12.9. The quantitative estimate of drug-likeness (QED) is 0.314. The molecule has 1 heterocycles. The fraction of sp³-hybridized carbons (Fsp3) is 0.360. The summed E-state index contributed by atoms with van der Waals surface area (Å²) < 4.78 is 0. The van der Waals surface area contributed by atoms with Gasteiger partial charge in [0.2, 0.25) is 0 Å². The van der Waals surface area contributed by atoms with Crippen LogP contribution in [0.25, 0.3) is 22.3 Å². The molecule has 172 valence electrons. The molecule has 0 bridgehead atoms. The number of aromatic nitrogens is 2. The second-order valence-corrected chi connectivity index (χ2v) is 8.63. The van der Waals surface area contributed by atoms with Crippen molar-refractivity contribution in [3.63, 3.8) is 0 Å². The second kappa shape index (κ2) is 10.1. The number of benzene rings is 2. The Hall–Kier alpha value is -3.36. The predicted molar refractivity (Wildman–Crippen MR) is 131 cm³/mol. The first-order chi connectivity index (χ1) is 16.0. The minimum atomic E-state index is -0.152. The Morgan fingerprint density at radius 3 is 2.45 bits per heavy atom. The van der Waals surface area contributed by atoms with E-state index in [0.717, 1.165) is 36.3 Å². The summed E-state index contributed by atoms with van der Waals surface area (Å²) in [6.07, 6.45) is 0.883. The highest BCUT2D eigenvalue weighted by molar-refractivity contribution is 6.23. The summed E-state index contributed by atoms with van der Waals surface area (Å²) >= 11 is 0. The van der Waals surface area contributed by atoms with Crippen molar-refractivity contribution in [2.45, 2.75) is 6.42 Å². The first-order valence-corrected chi connectivity index (χ1v) is 11.1. The number of nitrogens with zero attached hydrogens (tertiary/aromatic N) is 5. The van der Waals surface area contributed by atoms with E-state index in [1.165, 1.54) is 0 Å². The zero-order valence-electron chi connectivity index (χ0n) is 19.6. The zero-order valence-corrected chi connectivity index (χ0v) is 19.6. The Balaban J connectivity index is 1.68. The monoisotopic (exact) mass is 446 g/mol. The van der Waals surface area contributed by atoms with E-state index in [0.29, 0.717) is 41.2 Å². The number of amides is 1. The van der Waals surface area contributed by atoms with E-state index in [2.05, 4.69) is 15.4 Å². The van der Waals surface area contributed by atoms with Gasteiger partial charge < -0.3 is 20.0 Å². The summed E-state index contributed by atoms with van der Waals surface area (Å²) in [4.78, 5) is 32.4. The average molecular weight is 447 g/mol. The molecule has 0 saturated carbocycles. The Morgan fingerprint density at radius 2 is 1.70 bits per heavy atom. The molecule has 0 fully saturated rings. The standard InChI is InChI=1S/C25H30N6O2/c1-30(2)14-8-16-33-29-23-18-10-6-5-9-17(18)22-24(23)27-20-12-7-11-19(21(20)28-22)25(32)26-13-15-31(3)4/h5-7,9-12H,8,13-16H2,1-4H3,(H,26,32)/b29-23+. The molecule has 1 aliphatic carbocycles. The van der Waals surface area contributed by atoms with Crippen LogP contribution in [0.2, 0.25) is 0 Å². The Morgan fingerprint density at radius 1 is 0.939 bits per heavy atom. The first kappa shape index (κ1) is 22.8.